The first kappa shape index (κ1) is 53.1. The van der Waals surface area contributed by atoms with Gasteiger partial charge in [0.15, 0.2) is 5.69 Å². The van der Waals surface area contributed by atoms with Crippen LogP contribution in [0, 0.1) is 18.7 Å². The van der Waals surface area contributed by atoms with Crippen LogP contribution in [-0.4, -0.2) is 159 Å². The number of likely N-dealkylation sites (tertiary alicyclic amines) is 1. The van der Waals surface area contributed by atoms with E-state index in [0.29, 0.717) is 97.7 Å². The molecule has 0 spiro atoms. The summed E-state index contributed by atoms with van der Waals surface area (Å²) in [5.74, 6) is -0.360. The Hall–Kier alpha value is -7.22. The predicted octanol–water partition coefficient (Wildman–Crippen LogP) is 5.57. The van der Waals surface area contributed by atoms with Crippen molar-refractivity contribution in [1.29, 1.82) is 0 Å². The first-order chi connectivity index (χ1) is 35.9. The number of amides is 4. The molecule has 3 N–H and O–H groups in total. The molecule has 3 aliphatic heterocycles. The average molecular weight is 1010 g/mol. The Morgan fingerprint density at radius 1 is 0.757 bits per heavy atom. The molecule has 0 aliphatic carbocycles. The third kappa shape index (κ3) is 13.5. The first-order valence-electron chi connectivity index (χ1n) is 25.8. The maximum absolute atomic E-state index is 15.1. The number of H-pyrrole nitrogens is 1. The first-order valence-corrected chi connectivity index (χ1v) is 25.8. The number of fused-ring (bicyclic) bond motifs is 1. The Kier molecular flexibility index (Phi) is 18.0. The summed E-state index contributed by atoms with van der Waals surface area (Å²) in [5, 5.41) is 21.7. The number of hydrogen-bond acceptors (Lipinski definition) is 13. The SMILES string of the molecule is CCC.CCc1cccc(-c2cnc(C(=O)N3CCC(CN4CCN(CC(=O)N5CCN(C(=O)c6cc(Cc7n[nH]c(=O)c8ccccc78)ccc6F)CC5)CC4)CC3)c(NC(=O)CNCc3nnc(C)o3)c2)c1. The van der Waals surface area contributed by atoms with E-state index in [1.165, 1.54) is 18.1 Å². The number of benzene rings is 3. The fraction of sp³-hybridized carbons (Fsp3) is 0.436. The summed E-state index contributed by atoms with van der Waals surface area (Å²) in [5.41, 5.74) is 4.45. The van der Waals surface area contributed by atoms with Crippen LogP contribution in [-0.2, 0) is 29.0 Å². The second-order valence-electron chi connectivity index (χ2n) is 19.3. The van der Waals surface area contributed by atoms with Crippen LogP contribution in [0.15, 0.2) is 88.2 Å². The van der Waals surface area contributed by atoms with Crippen molar-refractivity contribution in [3.8, 4) is 11.1 Å². The summed E-state index contributed by atoms with van der Waals surface area (Å²) in [7, 11) is 0. The number of aromatic amines is 1. The maximum Gasteiger partial charge on any atom is 0.274 e. The highest BCUT2D eigenvalue weighted by molar-refractivity contribution is 6.03. The number of rotatable bonds is 15. The van der Waals surface area contributed by atoms with Crippen LogP contribution >= 0.6 is 0 Å². The largest absolute Gasteiger partial charge is 0.424 e. The third-order valence-electron chi connectivity index (χ3n) is 13.7. The predicted molar refractivity (Wildman–Crippen MR) is 280 cm³/mol. The van der Waals surface area contributed by atoms with Gasteiger partial charge in [-0.2, -0.15) is 5.10 Å². The van der Waals surface area contributed by atoms with Crippen molar-refractivity contribution >= 4 is 40.1 Å². The maximum atomic E-state index is 15.1. The van der Waals surface area contributed by atoms with Crippen molar-refractivity contribution in [3.63, 3.8) is 0 Å². The fourth-order valence-corrected chi connectivity index (χ4v) is 9.68. The standard InChI is InChI=1S/C52H59FN12O6.C3H8/c1-3-35-7-6-8-38(25-35)39-28-45(56-46(66)30-54-31-47-59-57-34(2)71-47)49(55-29-39)52(70)64-15-13-36(14-16-64)32-61-17-19-62(20-18-61)33-48(67)63-21-23-65(24-22-63)51(69)42-26-37(11-12-43(42)53)27-44-40-9-4-5-10-41(40)50(68)60-58-44;1-3-2/h4-12,25-26,28-29,36,54H,3,13-24,27,30-33H2,1-2H3,(H,56,66)(H,60,68);3H2,1-2H3. The minimum atomic E-state index is -0.614. The van der Waals surface area contributed by atoms with Gasteiger partial charge in [0.2, 0.25) is 23.6 Å². The molecule has 0 saturated carbocycles. The molecule has 3 aromatic carbocycles. The van der Waals surface area contributed by atoms with Gasteiger partial charge in [-0.05, 0) is 66.1 Å². The van der Waals surface area contributed by atoms with E-state index in [1.807, 2.05) is 35.2 Å². The molecule has 390 valence electrons. The molecular formula is C55H67FN12O6. The van der Waals surface area contributed by atoms with Gasteiger partial charge in [-0.15, -0.1) is 10.2 Å². The van der Waals surface area contributed by atoms with Crippen LogP contribution in [0.3, 0.4) is 0 Å². The normalized spacial score (nSPS) is 15.7. The number of pyridine rings is 1. The summed E-state index contributed by atoms with van der Waals surface area (Å²) >= 11 is 0. The van der Waals surface area contributed by atoms with Crippen LogP contribution in [0.5, 0.6) is 0 Å². The van der Waals surface area contributed by atoms with E-state index in [4.69, 9.17) is 4.42 Å². The average Bonchev–Trinajstić information content (AvgIpc) is 3.84. The van der Waals surface area contributed by atoms with E-state index in [-0.39, 0.29) is 47.6 Å². The van der Waals surface area contributed by atoms with Gasteiger partial charge in [0.1, 0.15) is 5.82 Å². The molecule has 4 amide bonds. The van der Waals surface area contributed by atoms with Gasteiger partial charge in [-0.25, -0.2) is 14.5 Å². The summed E-state index contributed by atoms with van der Waals surface area (Å²) in [6.45, 7) is 15.1. The Bertz CT molecular complexity index is 2970. The van der Waals surface area contributed by atoms with E-state index >= 15 is 4.39 Å². The number of piperazine rings is 2. The molecule has 0 unspecified atom stereocenters. The Labute approximate surface area is 430 Å². The number of aromatic nitrogens is 5. The van der Waals surface area contributed by atoms with Crippen molar-refractivity contribution in [3.05, 3.63) is 135 Å². The van der Waals surface area contributed by atoms with Crippen molar-refractivity contribution in [1.82, 2.24) is 55.2 Å². The molecule has 6 aromatic rings. The number of nitrogens with zero attached hydrogens (tertiary/aromatic N) is 9. The van der Waals surface area contributed by atoms with E-state index in [0.717, 1.165) is 63.1 Å². The van der Waals surface area contributed by atoms with Gasteiger partial charge >= 0.3 is 0 Å². The van der Waals surface area contributed by atoms with Crippen molar-refractivity contribution < 1.29 is 28.0 Å². The third-order valence-corrected chi connectivity index (χ3v) is 13.7. The number of carbonyl (C=O) groups excluding carboxylic acids is 4. The molecule has 6 heterocycles. The lowest BCUT2D eigenvalue weighted by molar-refractivity contribution is -0.134. The topological polar surface area (TPSA) is 206 Å². The molecule has 18 nitrogen and oxygen atoms in total. The monoisotopic (exact) mass is 1010 g/mol. The Morgan fingerprint density at radius 3 is 2.18 bits per heavy atom. The molecule has 3 fully saturated rings. The van der Waals surface area contributed by atoms with Gasteiger partial charge < -0.3 is 29.3 Å². The number of aryl methyl sites for hydroxylation is 2. The van der Waals surface area contributed by atoms with Crippen LogP contribution in [0.4, 0.5) is 10.1 Å². The summed E-state index contributed by atoms with van der Waals surface area (Å²) in [6.07, 6.45) is 5.80. The number of carbonyl (C=O) groups is 4. The molecule has 0 radical (unpaired) electrons. The van der Waals surface area contributed by atoms with Crippen molar-refractivity contribution in [2.24, 2.45) is 5.92 Å². The summed E-state index contributed by atoms with van der Waals surface area (Å²) in [4.78, 5) is 81.1. The molecule has 9 rings (SSSR count). The van der Waals surface area contributed by atoms with E-state index in [2.05, 4.69) is 78.7 Å². The lowest BCUT2D eigenvalue weighted by Crippen LogP contribution is -2.55. The molecular weight excluding hydrogens is 944 g/mol. The molecule has 3 aliphatic rings. The summed E-state index contributed by atoms with van der Waals surface area (Å²) < 4.78 is 20.5. The minimum Gasteiger partial charge on any atom is -0.424 e. The van der Waals surface area contributed by atoms with Crippen LogP contribution in [0.2, 0.25) is 0 Å². The van der Waals surface area contributed by atoms with Gasteiger partial charge in [0.25, 0.3) is 17.4 Å². The van der Waals surface area contributed by atoms with Gasteiger partial charge in [0, 0.05) is 102 Å². The lowest BCUT2D eigenvalue weighted by Gasteiger charge is -2.40. The number of anilines is 1. The number of hydrogen-bond donors (Lipinski definition) is 3. The number of piperidine rings is 1. The molecule has 3 aromatic heterocycles. The van der Waals surface area contributed by atoms with Gasteiger partial charge in [0.05, 0.1) is 42.0 Å². The fourth-order valence-electron chi connectivity index (χ4n) is 9.68. The molecule has 0 bridgehead atoms. The van der Waals surface area contributed by atoms with E-state index < -0.39 is 11.7 Å². The van der Waals surface area contributed by atoms with Crippen molar-refractivity contribution in [2.75, 3.05) is 90.4 Å². The van der Waals surface area contributed by atoms with Crippen LogP contribution in [0.1, 0.15) is 89.5 Å². The zero-order valence-electron chi connectivity index (χ0n) is 42.9. The molecule has 0 atom stereocenters. The van der Waals surface area contributed by atoms with Crippen LogP contribution < -0.4 is 16.2 Å². The zero-order valence-corrected chi connectivity index (χ0v) is 42.9. The number of nitrogens with one attached hydrogen (secondary N) is 3. The van der Waals surface area contributed by atoms with Gasteiger partial charge in [-0.3, -0.25) is 34.2 Å². The highest BCUT2D eigenvalue weighted by Crippen LogP contribution is 2.28. The minimum absolute atomic E-state index is 0.0149. The van der Waals surface area contributed by atoms with Crippen molar-refractivity contribution in [2.45, 2.75) is 66.3 Å². The Morgan fingerprint density at radius 2 is 1.46 bits per heavy atom. The van der Waals surface area contributed by atoms with Crippen LogP contribution in [0.25, 0.3) is 21.9 Å². The molecule has 19 heteroatoms. The lowest BCUT2D eigenvalue weighted by atomic mass is 9.95. The smallest absolute Gasteiger partial charge is 0.274 e. The number of halogens is 1. The molecule has 74 heavy (non-hydrogen) atoms. The second kappa shape index (κ2) is 25.1. The molecule has 3 saturated heterocycles. The Balaban J connectivity index is 0.00000237. The van der Waals surface area contributed by atoms with Gasteiger partial charge in [-0.1, -0.05) is 75.7 Å². The zero-order chi connectivity index (χ0) is 52.1. The highest BCUT2D eigenvalue weighted by atomic mass is 19.1. The summed E-state index contributed by atoms with van der Waals surface area (Å²) in [6, 6.07) is 21.6. The highest BCUT2D eigenvalue weighted by Gasteiger charge is 2.31. The quantitative estimate of drug-likeness (QED) is 0.115. The van der Waals surface area contributed by atoms with E-state index in [9.17, 15) is 24.0 Å². The second-order valence-corrected chi connectivity index (χ2v) is 19.3. The van der Waals surface area contributed by atoms with E-state index in [1.54, 1.807) is 47.2 Å².